The number of hydrogen-bond donors (Lipinski definition) is 2. The van der Waals surface area contributed by atoms with E-state index in [0.717, 1.165) is 11.3 Å². The number of nitrogens with zero attached hydrogens (tertiary/aromatic N) is 4. The largest absolute Gasteiger partial charge is 0.492 e. The van der Waals surface area contributed by atoms with Gasteiger partial charge in [-0.25, -0.2) is 9.78 Å². The van der Waals surface area contributed by atoms with Crippen LogP contribution in [0, 0.1) is 12.8 Å². The zero-order valence-electron chi connectivity index (χ0n) is 17.9. The number of rotatable bonds is 5. The van der Waals surface area contributed by atoms with E-state index in [0.29, 0.717) is 29.9 Å². The Balaban J connectivity index is 0.000000199. The molecule has 0 saturated heterocycles. The highest BCUT2D eigenvalue weighted by molar-refractivity contribution is 5.91. The molecule has 3 aromatic rings. The van der Waals surface area contributed by atoms with Gasteiger partial charge in [-0.05, 0) is 49.9 Å². The standard InChI is InChI=1S/C12H14O3.C8H9N5.C2H6/c1-8-2-5-11(10(6-8)12(13)14)15-7-9-3-4-9;1-13-5-10-12-8(13)6-3-2-4-7(9)11-6;1-2/h2,5-6,9H,3-4,7H2,1H3,(H,13,14);2-5H,1H3,(H2,9,11);1-2H3. The zero-order valence-corrected chi connectivity index (χ0v) is 17.9. The number of anilines is 1. The summed E-state index contributed by atoms with van der Waals surface area (Å²) < 4.78 is 7.29. The Morgan fingerprint density at radius 2 is 2.00 bits per heavy atom. The van der Waals surface area contributed by atoms with Crippen LogP contribution >= 0.6 is 0 Å². The number of carbonyl (C=O) groups is 1. The highest BCUT2D eigenvalue weighted by atomic mass is 16.5. The number of nitrogen functional groups attached to an aromatic ring is 1. The van der Waals surface area contributed by atoms with Gasteiger partial charge in [-0.3, -0.25) is 0 Å². The van der Waals surface area contributed by atoms with E-state index in [9.17, 15) is 4.79 Å². The smallest absolute Gasteiger partial charge is 0.339 e. The molecule has 160 valence electrons. The van der Waals surface area contributed by atoms with E-state index in [4.69, 9.17) is 15.6 Å². The van der Waals surface area contributed by atoms with Crippen molar-refractivity contribution in [2.45, 2.75) is 33.6 Å². The molecule has 0 unspecified atom stereocenters. The minimum Gasteiger partial charge on any atom is -0.492 e. The van der Waals surface area contributed by atoms with Crippen molar-refractivity contribution in [3.05, 3.63) is 53.9 Å². The summed E-state index contributed by atoms with van der Waals surface area (Å²) in [5, 5.41) is 16.7. The molecule has 30 heavy (non-hydrogen) atoms. The third-order valence-electron chi connectivity index (χ3n) is 4.25. The van der Waals surface area contributed by atoms with Gasteiger partial charge in [-0.2, -0.15) is 0 Å². The number of aromatic nitrogens is 4. The zero-order chi connectivity index (χ0) is 22.1. The van der Waals surface area contributed by atoms with Crippen LogP contribution in [-0.4, -0.2) is 37.4 Å². The van der Waals surface area contributed by atoms with Crippen LogP contribution in [0.5, 0.6) is 5.75 Å². The van der Waals surface area contributed by atoms with Gasteiger partial charge in [0, 0.05) is 7.05 Å². The number of carboxylic acid groups (broad SMARTS) is 1. The van der Waals surface area contributed by atoms with Crippen LogP contribution in [-0.2, 0) is 7.05 Å². The lowest BCUT2D eigenvalue weighted by Gasteiger charge is -2.08. The van der Waals surface area contributed by atoms with E-state index in [-0.39, 0.29) is 5.56 Å². The van der Waals surface area contributed by atoms with Crippen molar-refractivity contribution in [2.75, 3.05) is 12.3 Å². The molecule has 0 aliphatic heterocycles. The van der Waals surface area contributed by atoms with Gasteiger partial charge in [0.25, 0.3) is 0 Å². The highest BCUT2D eigenvalue weighted by Crippen LogP contribution is 2.30. The molecule has 1 aliphatic rings. The maximum Gasteiger partial charge on any atom is 0.339 e. The molecule has 3 N–H and O–H groups in total. The van der Waals surface area contributed by atoms with Crippen molar-refractivity contribution in [2.24, 2.45) is 13.0 Å². The summed E-state index contributed by atoms with van der Waals surface area (Å²) in [5.41, 5.74) is 7.48. The molecule has 1 aromatic carbocycles. The molecule has 8 heteroatoms. The number of aromatic carboxylic acids is 1. The third-order valence-corrected chi connectivity index (χ3v) is 4.25. The van der Waals surface area contributed by atoms with Crippen LogP contribution in [0.25, 0.3) is 11.5 Å². The summed E-state index contributed by atoms with van der Waals surface area (Å²) >= 11 is 0. The van der Waals surface area contributed by atoms with E-state index in [1.54, 1.807) is 29.1 Å². The van der Waals surface area contributed by atoms with Gasteiger partial charge >= 0.3 is 5.97 Å². The van der Waals surface area contributed by atoms with Crippen molar-refractivity contribution in [1.29, 1.82) is 0 Å². The van der Waals surface area contributed by atoms with Gasteiger partial charge in [0.05, 0.1) is 6.61 Å². The van der Waals surface area contributed by atoms with Gasteiger partial charge in [-0.15, -0.1) is 10.2 Å². The number of carboxylic acids is 1. The molecule has 2 aromatic heterocycles. The third kappa shape index (κ3) is 6.58. The van der Waals surface area contributed by atoms with Crippen LogP contribution in [0.3, 0.4) is 0 Å². The highest BCUT2D eigenvalue weighted by Gasteiger charge is 2.23. The number of aryl methyl sites for hydroxylation is 2. The minimum absolute atomic E-state index is 0.260. The molecule has 0 spiro atoms. The molecular formula is C22H29N5O3. The second kappa shape index (κ2) is 10.9. The van der Waals surface area contributed by atoms with Crippen molar-refractivity contribution in [1.82, 2.24) is 19.7 Å². The van der Waals surface area contributed by atoms with E-state index in [1.165, 1.54) is 12.8 Å². The van der Waals surface area contributed by atoms with Gasteiger partial charge < -0.3 is 20.1 Å². The molecule has 8 nitrogen and oxygen atoms in total. The first-order valence-electron chi connectivity index (χ1n) is 9.97. The Bertz CT molecular complexity index is 967. The number of benzene rings is 1. The van der Waals surface area contributed by atoms with E-state index in [2.05, 4.69) is 15.2 Å². The second-order valence-electron chi connectivity index (χ2n) is 6.77. The number of ether oxygens (including phenoxy) is 1. The van der Waals surface area contributed by atoms with Crippen molar-refractivity contribution in [3.8, 4) is 17.3 Å². The Morgan fingerprint density at radius 3 is 2.57 bits per heavy atom. The minimum atomic E-state index is -0.926. The fourth-order valence-corrected chi connectivity index (χ4v) is 2.52. The molecular weight excluding hydrogens is 382 g/mol. The van der Waals surface area contributed by atoms with Crippen LogP contribution < -0.4 is 10.5 Å². The Hall–Kier alpha value is -3.42. The lowest BCUT2D eigenvalue weighted by atomic mass is 10.1. The predicted molar refractivity (Wildman–Crippen MR) is 116 cm³/mol. The van der Waals surface area contributed by atoms with Crippen LogP contribution in [0.15, 0.2) is 42.7 Å². The fraction of sp³-hybridized carbons (Fsp3) is 0.364. The van der Waals surface area contributed by atoms with Gasteiger partial charge in [0.1, 0.15) is 29.2 Å². The molecule has 2 heterocycles. The quantitative estimate of drug-likeness (QED) is 0.652. The Labute approximate surface area is 176 Å². The van der Waals surface area contributed by atoms with Crippen LogP contribution in [0.4, 0.5) is 5.82 Å². The molecule has 1 saturated carbocycles. The van der Waals surface area contributed by atoms with E-state index < -0.39 is 5.97 Å². The van der Waals surface area contributed by atoms with Gasteiger partial charge in [0.2, 0.25) is 0 Å². The second-order valence-corrected chi connectivity index (χ2v) is 6.77. The van der Waals surface area contributed by atoms with Gasteiger partial charge in [-0.1, -0.05) is 31.5 Å². The summed E-state index contributed by atoms with van der Waals surface area (Å²) in [6, 6.07) is 10.7. The maximum absolute atomic E-state index is 11.0. The number of hydrogen-bond acceptors (Lipinski definition) is 6. The monoisotopic (exact) mass is 411 g/mol. The molecule has 1 fully saturated rings. The van der Waals surface area contributed by atoms with Crippen molar-refractivity contribution in [3.63, 3.8) is 0 Å². The van der Waals surface area contributed by atoms with E-state index in [1.807, 2.05) is 46.0 Å². The summed E-state index contributed by atoms with van der Waals surface area (Å²) in [6.07, 6.45) is 4.03. The van der Waals surface area contributed by atoms with Crippen molar-refractivity contribution >= 4 is 11.8 Å². The van der Waals surface area contributed by atoms with E-state index >= 15 is 0 Å². The summed E-state index contributed by atoms with van der Waals surface area (Å²) in [4.78, 5) is 15.1. The average molecular weight is 412 g/mol. The maximum atomic E-state index is 11.0. The summed E-state index contributed by atoms with van der Waals surface area (Å²) in [6.45, 7) is 6.51. The first kappa shape index (κ1) is 22.9. The SMILES string of the molecule is CC.Cc1ccc(OCC2CC2)c(C(=O)O)c1.Cn1cnnc1-c1cccc(N)n1. The topological polar surface area (TPSA) is 116 Å². The molecule has 0 radical (unpaired) electrons. The predicted octanol–water partition coefficient (Wildman–Crippen LogP) is 3.97. The Kier molecular flexibility index (Phi) is 8.34. The van der Waals surface area contributed by atoms with Crippen LogP contribution in [0.1, 0.15) is 42.6 Å². The first-order chi connectivity index (χ1) is 14.4. The molecule has 1 aliphatic carbocycles. The average Bonchev–Trinajstić information content (AvgIpc) is 3.47. The molecule has 0 atom stereocenters. The Morgan fingerprint density at radius 1 is 1.27 bits per heavy atom. The normalized spacial score (nSPS) is 12.1. The number of nitrogens with two attached hydrogens (primary N) is 1. The van der Waals surface area contributed by atoms with Crippen LogP contribution in [0.2, 0.25) is 0 Å². The lowest BCUT2D eigenvalue weighted by molar-refractivity contribution is 0.0692. The molecule has 0 amide bonds. The molecule has 4 rings (SSSR count). The molecule has 0 bridgehead atoms. The number of pyridine rings is 1. The summed E-state index contributed by atoms with van der Waals surface area (Å²) in [7, 11) is 1.86. The lowest BCUT2D eigenvalue weighted by Crippen LogP contribution is -2.05. The van der Waals surface area contributed by atoms with Crippen molar-refractivity contribution < 1.29 is 14.6 Å². The fourth-order valence-electron chi connectivity index (χ4n) is 2.52. The van der Waals surface area contributed by atoms with Gasteiger partial charge in [0.15, 0.2) is 5.82 Å². The summed E-state index contributed by atoms with van der Waals surface area (Å²) in [5.74, 6) is 1.39. The first-order valence-corrected chi connectivity index (χ1v) is 9.97.